The first-order valence-corrected chi connectivity index (χ1v) is 5.70. The van der Waals surface area contributed by atoms with E-state index in [2.05, 4.69) is 0 Å². The Morgan fingerprint density at radius 2 is 2.21 bits per heavy atom. The van der Waals surface area contributed by atoms with Crippen molar-refractivity contribution in [2.45, 2.75) is 24.7 Å². The summed E-state index contributed by atoms with van der Waals surface area (Å²) in [7, 11) is 0. The van der Waals surface area contributed by atoms with Crippen LogP contribution < -0.4 is 4.74 Å². The molecule has 0 amide bonds. The molecule has 3 unspecified atom stereocenters. The van der Waals surface area contributed by atoms with E-state index in [1.165, 1.54) is 0 Å². The molecule has 0 bridgehead atoms. The average molecular weight is 212 g/mol. The number of hydrogen-bond donors (Lipinski definition) is 1. The molecule has 0 saturated carbocycles. The van der Waals surface area contributed by atoms with E-state index in [0.717, 1.165) is 11.3 Å². The van der Waals surface area contributed by atoms with Crippen LogP contribution in [0.3, 0.4) is 0 Å². The van der Waals surface area contributed by atoms with Gasteiger partial charge in [-0.2, -0.15) is 0 Å². The fraction of sp³-hybridized carbons (Fsp3) is 0.400. The highest BCUT2D eigenvalue weighted by Crippen LogP contribution is 2.36. The van der Waals surface area contributed by atoms with Gasteiger partial charge in [0.2, 0.25) is 0 Å². The molecule has 0 aromatic heterocycles. The molecule has 1 aliphatic rings. The quantitative estimate of drug-likeness (QED) is 0.725. The Morgan fingerprint density at radius 1 is 1.50 bits per heavy atom. The van der Waals surface area contributed by atoms with Crippen LogP contribution in [0.25, 0.3) is 0 Å². The van der Waals surface area contributed by atoms with Gasteiger partial charge in [-0.3, -0.25) is 0 Å². The molecule has 0 spiro atoms. The first kappa shape index (κ1) is 9.68. The lowest BCUT2D eigenvalue weighted by Crippen LogP contribution is -2.28. The predicted octanol–water partition coefficient (Wildman–Crippen LogP) is 2.12. The van der Waals surface area contributed by atoms with Crippen molar-refractivity contribution in [3.05, 3.63) is 29.8 Å². The topological polar surface area (TPSA) is 46.5 Å². The van der Waals surface area contributed by atoms with Crippen molar-refractivity contribution in [1.82, 2.24) is 0 Å². The minimum absolute atomic E-state index is 0.279. The van der Waals surface area contributed by atoms with E-state index in [0.29, 0.717) is 6.42 Å². The van der Waals surface area contributed by atoms with E-state index in [-0.39, 0.29) is 5.92 Å². The van der Waals surface area contributed by atoms with Gasteiger partial charge in [0, 0.05) is 6.42 Å². The predicted molar refractivity (Wildman–Crippen MR) is 54.7 cm³/mol. The van der Waals surface area contributed by atoms with Gasteiger partial charge in [-0.25, -0.2) is 4.21 Å². The fourth-order valence-electron chi connectivity index (χ4n) is 1.72. The van der Waals surface area contributed by atoms with Gasteiger partial charge in [0.05, 0.1) is 0 Å². The van der Waals surface area contributed by atoms with Crippen LogP contribution in [0.5, 0.6) is 5.75 Å². The molecule has 4 heteroatoms. The Hall–Kier alpha value is -0.870. The summed E-state index contributed by atoms with van der Waals surface area (Å²) in [5.74, 6) is 1.01. The number of rotatable bonds is 1. The van der Waals surface area contributed by atoms with Gasteiger partial charge < -0.3 is 9.29 Å². The molecule has 0 radical (unpaired) electrons. The minimum Gasteiger partial charge on any atom is -0.474 e. The highest BCUT2D eigenvalue weighted by molar-refractivity contribution is 7.79. The summed E-state index contributed by atoms with van der Waals surface area (Å²) in [6.45, 7) is 2.04. The van der Waals surface area contributed by atoms with E-state index in [1.807, 2.05) is 31.2 Å². The van der Waals surface area contributed by atoms with Crippen molar-refractivity contribution in [1.29, 1.82) is 0 Å². The van der Waals surface area contributed by atoms with Crippen LogP contribution in [0.4, 0.5) is 0 Å². The van der Waals surface area contributed by atoms with Gasteiger partial charge in [-0.15, -0.1) is 0 Å². The van der Waals surface area contributed by atoms with Crippen LogP contribution in [-0.4, -0.2) is 14.2 Å². The molecule has 0 aliphatic carbocycles. The second kappa shape index (κ2) is 3.71. The molecule has 3 atom stereocenters. The Morgan fingerprint density at radius 3 is 2.93 bits per heavy atom. The highest BCUT2D eigenvalue weighted by Gasteiger charge is 2.28. The highest BCUT2D eigenvalue weighted by atomic mass is 32.2. The second-order valence-electron chi connectivity index (χ2n) is 3.50. The zero-order chi connectivity index (χ0) is 10.1. The lowest BCUT2D eigenvalue weighted by molar-refractivity contribution is 0.226. The SMILES string of the molecule is CC1CC(S(=O)O)Oc2ccccc21. The van der Waals surface area contributed by atoms with Crippen molar-refractivity contribution in [2.75, 3.05) is 0 Å². The summed E-state index contributed by atoms with van der Waals surface area (Å²) in [4.78, 5) is 0. The van der Waals surface area contributed by atoms with E-state index < -0.39 is 16.5 Å². The van der Waals surface area contributed by atoms with Gasteiger partial charge in [0.1, 0.15) is 5.75 Å². The maximum atomic E-state index is 10.9. The van der Waals surface area contributed by atoms with Gasteiger partial charge in [-0.05, 0) is 17.5 Å². The standard InChI is InChI=1S/C10H12O3S/c1-7-6-10(14(11)12)13-9-5-3-2-4-8(7)9/h2-5,7,10H,6H2,1H3,(H,11,12). The van der Waals surface area contributed by atoms with Crippen molar-refractivity contribution in [2.24, 2.45) is 0 Å². The molecule has 3 nitrogen and oxygen atoms in total. The summed E-state index contributed by atoms with van der Waals surface area (Å²) in [6, 6.07) is 7.66. The van der Waals surface area contributed by atoms with Crippen molar-refractivity contribution in [3.8, 4) is 5.75 Å². The van der Waals surface area contributed by atoms with Gasteiger partial charge in [-0.1, -0.05) is 25.1 Å². The third-order valence-corrected chi connectivity index (χ3v) is 3.22. The zero-order valence-corrected chi connectivity index (χ0v) is 8.66. The summed E-state index contributed by atoms with van der Waals surface area (Å²) in [6.07, 6.45) is 0.597. The summed E-state index contributed by atoms with van der Waals surface area (Å²) in [5.41, 5.74) is 0.536. The van der Waals surface area contributed by atoms with Crippen molar-refractivity contribution in [3.63, 3.8) is 0 Å². The van der Waals surface area contributed by atoms with Crippen LogP contribution in [0.2, 0.25) is 0 Å². The van der Waals surface area contributed by atoms with E-state index >= 15 is 0 Å². The molecule has 76 valence electrons. The molecule has 1 aliphatic heterocycles. The zero-order valence-electron chi connectivity index (χ0n) is 7.84. The van der Waals surface area contributed by atoms with E-state index in [9.17, 15) is 4.21 Å². The fourth-order valence-corrected chi connectivity index (χ4v) is 2.36. The van der Waals surface area contributed by atoms with Crippen molar-refractivity contribution < 1.29 is 13.5 Å². The Bertz CT molecular complexity index is 364. The smallest absolute Gasteiger partial charge is 0.199 e. The maximum absolute atomic E-state index is 10.9. The summed E-state index contributed by atoms with van der Waals surface area (Å²) < 4.78 is 25.3. The number of hydrogen-bond acceptors (Lipinski definition) is 2. The number of fused-ring (bicyclic) bond motifs is 1. The molecule has 2 rings (SSSR count). The average Bonchev–Trinajstić information content (AvgIpc) is 2.17. The van der Waals surface area contributed by atoms with Gasteiger partial charge in [0.25, 0.3) is 0 Å². The molecule has 0 saturated heterocycles. The van der Waals surface area contributed by atoms with Crippen molar-refractivity contribution >= 4 is 11.1 Å². The minimum atomic E-state index is -1.90. The molecule has 1 heterocycles. The summed E-state index contributed by atoms with van der Waals surface area (Å²) in [5, 5.41) is 0. The third kappa shape index (κ3) is 1.67. The van der Waals surface area contributed by atoms with Crippen LogP contribution in [0, 0.1) is 0 Å². The van der Waals surface area contributed by atoms with E-state index in [1.54, 1.807) is 0 Å². The van der Waals surface area contributed by atoms with Crippen LogP contribution in [0.1, 0.15) is 24.8 Å². The van der Waals surface area contributed by atoms with Crippen LogP contribution >= 0.6 is 0 Å². The molecule has 1 aromatic rings. The van der Waals surface area contributed by atoms with Gasteiger partial charge >= 0.3 is 0 Å². The monoisotopic (exact) mass is 212 g/mol. The Balaban J connectivity index is 2.33. The first-order valence-electron chi connectivity index (χ1n) is 4.53. The largest absolute Gasteiger partial charge is 0.474 e. The number of ether oxygens (including phenoxy) is 1. The van der Waals surface area contributed by atoms with E-state index in [4.69, 9.17) is 9.29 Å². The second-order valence-corrected chi connectivity index (χ2v) is 4.58. The Kier molecular flexibility index (Phi) is 2.56. The lowest BCUT2D eigenvalue weighted by atomic mass is 9.95. The normalized spacial score (nSPS) is 27.6. The first-order chi connectivity index (χ1) is 6.68. The molecule has 0 fully saturated rings. The molecular weight excluding hydrogens is 200 g/mol. The maximum Gasteiger partial charge on any atom is 0.199 e. The Labute approximate surface area is 85.4 Å². The molecule has 1 aromatic carbocycles. The molecule has 14 heavy (non-hydrogen) atoms. The number of benzene rings is 1. The van der Waals surface area contributed by atoms with Gasteiger partial charge in [0.15, 0.2) is 16.5 Å². The van der Waals surface area contributed by atoms with Crippen LogP contribution in [0.15, 0.2) is 24.3 Å². The third-order valence-electron chi connectivity index (χ3n) is 2.48. The van der Waals surface area contributed by atoms with Crippen LogP contribution in [-0.2, 0) is 11.1 Å². The summed E-state index contributed by atoms with van der Waals surface area (Å²) >= 11 is -1.90. The number of para-hydroxylation sites is 1. The lowest BCUT2D eigenvalue weighted by Gasteiger charge is -2.27. The molecule has 1 N–H and O–H groups in total. The molecular formula is C10H12O3S.